The molecule has 0 spiro atoms. The van der Waals surface area contributed by atoms with Gasteiger partial charge in [-0.1, -0.05) is 7.43 Å². The first kappa shape index (κ1) is 19.5. The van der Waals surface area contributed by atoms with Gasteiger partial charge >= 0.3 is 5.82 Å². The Labute approximate surface area is 142 Å². The molecular weight excluding hydrogens is 308 g/mol. The molecule has 0 aliphatic carbocycles. The molecule has 0 atom stereocenters. The van der Waals surface area contributed by atoms with Crippen molar-refractivity contribution in [1.29, 1.82) is 0 Å². The molecule has 7 heteroatoms. The molecule has 1 aromatic heterocycles. The molecule has 1 aromatic carbocycles. The minimum atomic E-state index is 0. The fourth-order valence-corrected chi connectivity index (χ4v) is 2.10. The molecule has 7 nitrogen and oxygen atoms in total. The maximum Gasteiger partial charge on any atom is 0.353 e. The lowest BCUT2D eigenvalue weighted by molar-refractivity contribution is -0.591. The van der Waals surface area contributed by atoms with E-state index in [-0.39, 0.29) is 26.5 Å². The largest absolute Gasteiger partial charge is 0.710 e. The number of rotatable bonds is 7. The zero-order valence-corrected chi connectivity index (χ0v) is 13.0. The van der Waals surface area contributed by atoms with Gasteiger partial charge in [0, 0.05) is 24.8 Å². The van der Waals surface area contributed by atoms with Crippen molar-refractivity contribution in [3.63, 3.8) is 0 Å². The summed E-state index contributed by atoms with van der Waals surface area (Å²) in [5.41, 5.74) is 2.43. The maximum absolute atomic E-state index is 11.6. The summed E-state index contributed by atoms with van der Waals surface area (Å²) in [6, 6.07) is 10.6. The molecule has 0 saturated carbocycles. The Hall–Kier alpha value is -2.51. The van der Waals surface area contributed by atoms with E-state index in [2.05, 4.69) is 10.2 Å². The van der Waals surface area contributed by atoms with E-state index in [1.807, 2.05) is 24.0 Å². The molecule has 0 radical (unpaired) electrons. The summed E-state index contributed by atoms with van der Waals surface area (Å²) >= 11 is 0. The number of hydrogen-bond acceptors (Lipinski definition) is 6. The van der Waals surface area contributed by atoms with Gasteiger partial charge in [0.1, 0.15) is 5.69 Å². The molecule has 0 unspecified atom stereocenters. The van der Waals surface area contributed by atoms with E-state index >= 15 is 0 Å². The number of aliphatic hydroxyl groups excluding tert-OH is 2. The number of pyridine rings is 1. The summed E-state index contributed by atoms with van der Waals surface area (Å²) in [4.78, 5) is 1.87. The van der Waals surface area contributed by atoms with Crippen LogP contribution in [0.5, 0.6) is 0 Å². The molecule has 0 aliphatic rings. The number of azo groups is 1. The molecule has 2 aromatic rings. The van der Waals surface area contributed by atoms with Crippen molar-refractivity contribution in [2.45, 2.75) is 14.4 Å². The normalized spacial score (nSPS) is 10.6. The van der Waals surface area contributed by atoms with Gasteiger partial charge in [-0.2, -0.15) is 0 Å². The van der Waals surface area contributed by atoms with E-state index in [4.69, 9.17) is 10.2 Å². The Morgan fingerprint density at radius 1 is 1.04 bits per heavy atom. The van der Waals surface area contributed by atoms with Gasteiger partial charge in [-0.15, -0.1) is 0 Å². The zero-order chi connectivity index (χ0) is 16.7. The van der Waals surface area contributed by atoms with Crippen LogP contribution >= 0.6 is 0 Å². The lowest BCUT2D eigenvalue weighted by Gasteiger charge is -2.22. The second kappa shape index (κ2) is 9.59. The van der Waals surface area contributed by atoms with Crippen molar-refractivity contribution in [3.8, 4) is 0 Å². The van der Waals surface area contributed by atoms with Crippen molar-refractivity contribution in [3.05, 3.63) is 53.4 Å². The summed E-state index contributed by atoms with van der Waals surface area (Å²) < 4.78 is 0.662. The average Bonchev–Trinajstić information content (AvgIpc) is 2.56. The topological polar surface area (TPSA) is 95.4 Å². The standard InChI is InChI=1S/C16H20N4O3.CH4/c1-13-6-7-20(23)16(12-13)18-17-14-2-4-15(5-3-14)19(8-10-21)9-11-22;/h2-7,12,21-22H,8-11H2,1H3;1H4. The molecule has 0 amide bonds. The molecule has 0 bridgehead atoms. The fourth-order valence-electron chi connectivity index (χ4n) is 2.10. The van der Waals surface area contributed by atoms with Crippen molar-refractivity contribution in [1.82, 2.24) is 0 Å². The van der Waals surface area contributed by atoms with Crippen molar-refractivity contribution < 1.29 is 14.9 Å². The Bertz CT molecular complexity index is 653. The average molecular weight is 332 g/mol. The summed E-state index contributed by atoms with van der Waals surface area (Å²) in [5, 5.41) is 37.7. The first-order valence-corrected chi connectivity index (χ1v) is 7.32. The van der Waals surface area contributed by atoms with Crippen molar-refractivity contribution >= 4 is 17.2 Å². The Morgan fingerprint density at radius 3 is 2.25 bits per heavy atom. The number of benzene rings is 1. The molecule has 2 N–H and O–H groups in total. The van der Waals surface area contributed by atoms with Crippen molar-refractivity contribution in [2.24, 2.45) is 10.2 Å². The highest BCUT2D eigenvalue weighted by atomic mass is 16.5. The van der Waals surface area contributed by atoms with Gasteiger partial charge in [-0.05, 0) is 47.9 Å². The van der Waals surface area contributed by atoms with Crippen molar-refractivity contribution in [2.75, 3.05) is 31.2 Å². The monoisotopic (exact) mass is 332 g/mol. The summed E-state index contributed by atoms with van der Waals surface area (Å²) in [5.74, 6) is 0.233. The zero-order valence-electron chi connectivity index (χ0n) is 13.0. The number of nitrogens with zero attached hydrogens (tertiary/aromatic N) is 4. The number of anilines is 1. The summed E-state index contributed by atoms with van der Waals surface area (Å²) in [6.07, 6.45) is 1.40. The van der Waals surface area contributed by atoms with Gasteiger partial charge in [0.15, 0.2) is 0 Å². The molecular formula is C17H24N4O3. The first-order valence-electron chi connectivity index (χ1n) is 7.32. The molecule has 0 aliphatic heterocycles. The van der Waals surface area contributed by atoms with Crippen LogP contribution in [0.1, 0.15) is 13.0 Å². The van der Waals surface area contributed by atoms with Gasteiger partial charge in [-0.25, -0.2) is 4.73 Å². The van der Waals surface area contributed by atoms with E-state index in [0.29, 0.717) is 23.5 Å². The van der Waals surface area contributed by atoms with Crippen LogP contribution in [0, 0.1) is 12.1 Å². The number of aryl methyl sites for hydroxylation is 1. The molecule has 0 fully saturated rings. The van der Waals surface area contributed by atoms with Crippen LogP contribution in [0.25, 0.3) is 0 Å². The number of aliphatic hydroxyl groups is 2. The van der Waals surface area contributed by atoms with E-state index in [9.17, 15) is 5.21 Å². The first-order chi connectivity index (χ1) is 11.1. The van der Waals surface area contributed by atoms with E-state index < -0.39 is 0 Å². The number of aromatic nitrogens is 1. The van der Waals surface area contributed by atoms with Gasteiger partial charge in [-0.3, -0.25) is 0 Å². The third-order valence-electron chi connectivity index (χ3n) is 3.28. The highest BCUT2D eigenvalue weighted by molar-refractivity contribution is 5.52. The molecule has 0 saturated heterocycles. The summed E-state index contributed by atoms with van der Waals surface area (Å²) in [7, 11) is 0. The summed E-state index contributed by atoms with van der Waals surface area (Å²) in [6.45, 7) is 2.79. The van der Waals surface area contributed by atoms with Crippen LogP contribution in [0.4, 0.5) is 17.2 Å². The molecule has 130 valence electrons. The van der Waals surface area contributed by atoms with Gasteiger partial charge < -0.3 is 20.3 Å². The van der Waals surface area contributed by atoms with Gasteiger partial charge in [0.2, 0.25) is 0 Å². The molecule has 1 heterocycles. The minimum absolute atomic E-state index is 0. The predicted molar refractivity (Wildman–Crippen MR) is 93.9 cm³/mol. The Morgan fingerprint density at radius 2 is 1.67 bits per heavy atom. The number of hydrogen-bond donors (Lipinski definition) is 2. The van der Waals surface area contributed by atoms with E-state index in [1.54, 1.807) is 24.3 Å². The highest BCUT2D eigenvalue weighted by Gasteiger charge is 2.07. The lowest BCUT2D eigenvalue weighted by Crippen LogP contribution is -2.29. The molecule has 24 heavy (non-hydrogen) atoms. The fraction of sp³-hybridized carbons (Fsp3) is 0.353. The lowest BCUT2D eigenvalue weighted by atomic mass is 10.2. The minimum Gasteiger partial charge on any atom is -0.710 e. The van der Waals surface area contributed by atoms with Gasteiger partial charge in [0.05, 0.1) is 24.5 Å². The third-order valence-corrected chi connectivity index (χ3v) is 3.28. The second-order valence-electron chi connectivity index (χ2n) is 5.04. The smallest absolute Gasteiger partial charge is 0.353 e. The van der Waals surface area contributed by atoms with Crippen LogP contribution < -0.4 is 9.63 Å². The molecule has 2 rings (SSSR count). The Balaban J connectivity index is 0.00000288. The maximum atomic E-state index is 11.6. The van der Waals surface area contributed by atoms with Gasteiger partial charge in [0.25, 0.3) is 0 Å². The van der Waals surface area contributed by atoms with Crippen LogP contribution in [0.15, 0.2) is 52.8 Å². The van der Waals surface area contributed by atoms with Crippen LogP contribution in [0.2, 0.25) is 0 Å². The predicted octanol–water partition coefficient (Wildman–Crippen LogP) is 2.47. The van der Waals surface area contributed by atoms with Crippen LogP contribution in [-0.4, -0.2) is 36.5 Å². The van der Waals surface area contributed by atoms with E-state index in [0.717, 1.165) is 11.3 Å². The van der Waals surface area contributed by atoms with Crippen LogP contribution in [0.3, 0.4) is 0 Å². The SMILES string of the molecule is C.Cc1cc[n+]([O-])c(N=Nc2ccc(N(CCO)CCO)cc2)c1. The Kier molecular flexibility index (Phi) is 7.81. The quantitative estimate of drug-likeness (QED) is 0.462. The second-order valence-corrected chi connectivity index (χ2v) is 5.04. The highest BCUT2D eigenvalue weighted by Crippen LogP contribution is 2.21. The van der Waals surface area contributed by atoms with E-state index in [1.165, 1.54) is 6.20 Å². The third kappa shape index (κ3) is 5.29. The van der Waals surface area contributed by atoms with Crippen LogP contribution in [-0.2, 0) is 0 Å².